The molecule has 0 atom stereocenters. The van der Waals surface area contributed by atoms with Gasteiger partial charge in [-0.05, 0) is 38.6 Å². The second-order valence-electron chi connectivity index (χ2n) is 5.99. The first-order valence-electron chi connectivity index (χ1n) is 8.03. The number of nitrogens with two attached hydrogens (primary N) is 1. The number of carbonyl (C=O) groups excluding carboxylic acids is 1. The number of likely N-dealkylation sites (tertiary alicyclic amines) is 1. The summed E-state index contributed by atoms with van der Waals surface area (Å²) in [5.41, 5.74) is 5.61. The number of hydrogen-bond acceptors (Lipinski definition) is 3. The van der Waals surface area contributed by atoms with Crippen molar-refractivity contribution < 1.29 is 4.79 Å². The summed E-state index contributed by atoms with van der Waals surface area (Å²) in [7, 11) is 0. The number of amides is 1. The smallest absolute Gasteiger partial charge is 0.236 e. The van der Waals surface area contributed by atoms with E-state index in [1.54, 1.807) is 0 Å². The summed E-state index contributed by atoms with van der Waals surface area (Å²) >= 11 is 0. The second kappa shape index (κ2) is 7.85. The van der Waals surface area contributed by atoms with Crippen molar-refractivity contribution in [1.82, 2.24) is 9.80 Å². The molecule has 0 spiro atoms. The molecule has 0 aromatic rings. The quantitative estimate of drug-likeness (QED) is 0.795. The van der Waals surface area contributed by atoms with Crippen molar-refractivity contribution in [2.45, 2.75) is 57.4 Å². The Morgan fingerprint density at radius 2 is 1.79 bits per heavy atom. The maximum atomic E-state index is 12.4. The van der Waals surface area contributed by atoms with E-state index in [0.29, 0.717) is 18.5 Å². The first-order valence-corrected chi connectivity index (χ1v) is 8.03. The van der Waals surface area contributed by atoms with Crippen molar-refractivity contribution in [2.75, 3.05) is 32.7 Å². The van der Waals surface area contributed by atoms with Gasteiger partial charge in [0.1, 0.15) is 0 Å². The van der Waals surface area contributed by atoms with Crippen molar-refractivity contribution in [2.24, 2.45) is 5.73 Å². The number of carbonyl (C=O) groups is 1. The Kier molecular flexibility index (Phi) is 6.11. The van der Waals surface area contributed by atoms with E-state index in [4.69, 9.17) is 5.73 Å². The Balaban J connectivity index is 1.82. The van der Waals surface area contributed by atoms with Gasteiger partial charge < -0.3 is 10.6 Å². The molecule has 4 heteroatoms. The zero-order chi connectivity index (χ0) is 13.5. The summed E-state index contributed by atoms with van der Waals surface area (Å²) in [5.74, 6) is 0.339. The highest BCUT2D eigenvalue weighted by Gasteiger charge is 2.27. The van der Waals surface area contributed by atoms with Gasteiger partial charge in [0.2, 0.25) is 5.91 Å². The molecule has 0 aromatic carbocycles. The minimum absolute atomic E-state index is 0.339. The number of hydrogen-bond donors (Lipinski definition) is 1. The molecule has 1 saturated heterocycles. The van der Waals surface area contributed by atoms with Gasteiger partial charge >= 0.3 is 0 Å². The van der Waals surface area contributed by atoms with Crippen molar-refractivity contribution >= 4 is 5.91 Å². The largest absolute Gasteiger partial charge is 0.342 e. The van der Waals surface area contributed by atoms with Crippen LogP contribution in [-0.2, 0) is 4.79 Å². The molecule has 2 aliphatic rings. The average molecular weight is 267 g/mol. The minimum atomic E-state index is 0.339. The number of rotatable bonds is 6. The van der Waals surface area contributed by atoms with Crippen molar-refractivity contribution in [1.29, 1.82) is 0 Å². The molecule has 2 fully saturated rings. The molecule has 1 aliphatic heterocycles. The van der Waals surface area contributed by atoms with E-state index in [9.17, 15) is 4.79 Å². The monoisotopic (exact) mass is 267 g/mol. The summed E-state index contributed by atoms with van der Waals surface area (Å²) in [6.45, 7) is 4.26. The first-order chi connectivity index (χ1) is 9.31. The maximum absolute atomic E-state index is 12.4. The van der Waals surface area contributed by atoms with Crippen LogP contribution in [0.2, 0.25) is 0 Å². The molecule has 110 valence electrons. The van der Waals surface area contributed by atoms with Crippen LogP contribution in [-0.4, -0.2) is 54.5 Å². The highest BCUT2D eigenvalue weighted by molar-refractivity contribution is 5.78. The minimum Gasteiger partial charge on any atom is -0.342 e. The van der Waals surface area contributed by atoms with E-state index in [-0.39, 0.29) is 0 Å². The number of nitrogens with zero attached hydrogens (tertiary/aromatic N) is 2. The molecular weight excluding hydrogens is 238 g/mol. The average Bonchev–Trinajstić information content (AvgIpc) is 2.62. The van der Waals surface area contributed by atoms with Gasteiger partial charge in [-0.25, -0.2) is 0 Å². The van der Waals surface area contributed by atoms with E-state index in [1.165, 1.54) is 44.9 Å². The van der Waals surface area contributed by atoms with Gasteiger partial charge in [0.05, 0.1) is 6.54 Å². The third kappa shape index (κ3) is 4.46. The molecule has 1 amide bonds. The lowest BCUT2D eigenvalue weighted by Gasteiger charge is -2.38. The third-order valence-corrected chi connectivity index (χ3v) is 4.54. The summed E-state index contributed by atoms with van der Waals surface area (Å²) in [6, 6.07) is 0.641. The Hall–Kier alpha value is -0.610. The molecule has 2 rings (SSSR count). The summed E-state index contributed by atoms with van der Waals surface area (Å²) in [5, 5.41) is 0. The Morgan fingerprint density at radius 3 is 2.32 bits per heavy atom. The summed E-state index contributed by atoms with van der Waals surface area (Å²) in [6.07, 6.45) is 9.77. The maximum Gasteiger partial charge on any atom is 0.236 e. The fourth-order valence-electron chi connectivity index (χ4n) is 3.03. The normalized spacial score (nSPS) is 21.3. The molecule has 0 radical (unpaired) electrons. The molecule has 0 aromatic heterocycles. The first kappa shape index (κ1) is 14.8. The lowest BCUT2D eigenvalue weighted by atomic mass is 9.91. The highest BCUT2D eigenvalue weighted by atomic mass is 16.2. The predicted molar refractivity (Wildman–Crippen MR) is 77.9 cm³/mol. The van der Waals surface area contributed by atoms with Crippen LogP contribution in [0.1, 0.15) is 51.4 Å². The molecule has 1 saturated carbocycles. The van der Waals surface area contributed by atoms with E-state index < -0.39 is 0 Å². The molecule has 2 N–H and O–H groups in total. The molecule has 0 bridgehead atoms. The lowest BCUT2D eigenvalue weighted by Crippen LogP contribution is -2.48. The fourth-order valence-corrected chi connectivity index (χ4v) is 3.03. The van der Waals surface area contributed by atoms with Crippen LogP contribution in [0, 0.1) is 0 Å². The molecular formula is C15H29N3O. The zero-order valence-electron chi connectivity index (χ0n) is 12.1. The van der Waals surface area contributed by atoms with Gasteiger partial charge in [-0.2, -0.15) is 0 Å². The Labute approximate surface area is 117 Å². The predicted octanol–water partition coefficient (Wildman–Crippen LogP) is 1.59. The SMILES string of the molecule is NCCCN(CC(=O)N1CCCCCC1)C1CCC1. The molecule has 0 unspecified atom stereocenters. The van der Waals surface area contributed by atoms with Crippen LogP contribution < -0.4 is 5.73 Å². The van der Waals surface area contributed by atoms with Crippen molar-refractivity contribution in [3.05, 3.63) is 0 Å². The van der Waals surface area contributed by atoms with Crippen LogP contribution in [0.5, 0.6) is 0 Å². The Bertz CT molecular complexity index is 271. The molecule has 1 aliphatic carbocycles. The van der Waals surface area contributed by atoms with Crippen LogP contribution in [0.15, 0.2) is 0 Å². The van der Waals surface area contributed by atoms with E-state index in [1.807, 2.05) is 0 Å². The fraction of sp³-hybridized carbons (Fsp3) is 0.933. The van der Waals surface area contributed by atoms with Gasteiger partial charge in [0, 0.05) is 25.7 Å². The van der Waals surface area contributed by atoms with Gasteiger partial charge in [-0.3, -0.25) is 9.69 Å². The third-order valence-electron chi connectivity index (χ3n) is 4.54. The van der Waals surface area contributed by atoms with Crippen LogP contribution in [0.3, 0.4) is 0 Å². The van der Waals surface area contributed by atoms with Crippen LogP contribution in [0.25, 0.3) is 0 Å². The van der Waals surface area contributed by atoms with Crippen molar-refractivity contribution in [3.63, 3.8) is 0 Å². The van der Waals surface area contributed by atoms with Gasteiger partial charge in [-0.15, -0.1) is 0 Å². The van der Waals surface area contributed by atoms with Gasteiger partial charge in [-0.1, -0.05) is 19.3 Å². The molecule has 1 heterocycles. The van der Waals surface area contributed by atoms with Crippen LogP contribution in [0.4, 0.5) is 0 Å². The van der Waals surface area contributed by atoms with E-state index in [2.05, 4.69) is 9.80 Å². The standard InChI is InChI=1S/C15H29N3O/c16-9-6-12-18(14-7-5-8-14)13-15(19)17-10-3-1-2-4-11-17/h14H,1-13,16H2. The summed E-state index contributed by atoms with van der Waals surface area (Å²) in [4.78, 5) is 16.9. The van der Waals surface area contributed by atoms with Gasteiger partial charge in [0.15, 0.2) is 0 Å². The molecule has 19 heavy (non-hydrogen) atoms. The zero-order valence-corrected chi connectivity index (χ0v) is 12.1. The second-order valence-corrected chi connectivity index (χ2v) is 5.99. The lowest BCUT2D eigenvalue weighted by molar-refractivity contribution is -0.133. The van der Waals surface area contributed by atoms with E-state index >= 15 is 0 Å². The van der Waals surface area contributed by atoms with E-state index in [0.717, 1.165) is 32.6 Å². The highest BCUT2D eigenvalue weighted by Crippen LogP contribution is 2.25. The Morgan fingerprint density at radius 1 is 1.11 bits per heavy atom. The van der Waals surface area contributed by atoms with Crippen LogP contribution >= 0.6 is 0 Å². The topological polar surface area (TPSA) is 49.6 Å². The summed E-state index contributed by atoms with van der Waals surface area (Å²) < 4.78 is 0. The molecule has 4 nitrogen and oxygen atoms in total. The van der Waals surface area contributed by atoms with Gasteiger partial charge in [0.25, 0.3) is 0 Å². The van der Waals surface area contributed by atoms with Crippen molar-refractivity contribution in [3.8, 4) is 0 Å².